The second-order valence-corrected chi connectivity index (χ2v) is 1.50. The van der Waals surface area contributed by atoms with E-state index < -0.39 is 18.1 Å². The molecule has 0 fully saturated rings. The van der Waals surface area contributed by atoms with E-state index in [1.165, 1.54) is 6.07 Å². The van der Waals surface area contributed by atoms with Gasteiger partial charge in [-0.1, -0.05) is 0 Å². The number of primary amides is 1. The van der Waals surface area contributed by atoms with Crippen molar-refractivity contribution < 1.29 is 9.90 Å². The third kappa shape index (κ3) is 2.08. The van der Waals surface area contributed by atoms with Crippen molar-refractivity contribution in [3.05, 3.63) is 0 Å². The standard InChI is InChI=1S/C4H7N3O2/c5-1-2(6)3(8)4(7)9/h2-3,8H,6H2,(H2,7,9). The van der Waals surface area contributed by atoms with Crippen molar-refractivity contribution in [3.8, 4) is 6.07 Å². The van der Waals surface area contributed by atoms with Crippen LogP contribution in [0.1, 0.15) is 0 Å². The van der Waals surface area contributed by atoms with Crippen LogP contribution in [-0.4, -0.2) is 23.2 Å². The molecule has 50 valence electrons. The maximum Gasteiger partial charge on any atom is 0.249 e. The van der Waals surface area contributed by atoms with Crippen molar-refractivity contribution in [1.29, 1.82) is 5.26 Å². The van der Waals surface area contributed by atoms with Crippen molar-refractivity contribution in [2.24, 2.45) is 11.5 Å². The lowest BCUT2D eigenvalue weighted by Gasteiger charge is -2.05. The predicted octanol–water partition coefficient (Wildman–Crippen LogP) is -2.32. The second-order valence-electron chi connectivity index (χ2n) is 1.50. The minimum absolute atomic E-state index is 0.982. The monoisotopic (exact) mass is 129 g/mol. The maximum absolute atomic E-state index is 10.0. The normalized spacial score (nSPS) is 15.7. The summed E-state index contributed by atoms with van der Waals surface area (Å²) in [5, 5.41) is 16.6. The summed E-state index contributed by atoms with van der Waals surface area (Å²) in [5.41, 5.74) is 9.50. The van der Waals surface area contributed by atoms with Crippen LogP contribution < -0.4 is 11.5 Å². The lowest BCUT2D eigenvalue weighted by molar-refractivity contribution is -0.126. The zero-order chi connectivity index (χ0) is 7.44. The van der Waals surface area contributed by atoms with Gasteiger partial charge in [-0.3, -0.25) is 4.79 Å². The van der Waals surface area contributed by atoms with Crippen LogP contribution in [0.25, 0.3) is 0 Å². The molecule has 5 heteroatoms. The van der Waals surface area contributed by atoms with Crippen LogP contribution >= 0.6 is 0 Å². The largest absolute Gasteiger partial charge is 0.381 e. The topological polar surface area (TPSA) is 113 Å². The Morgan fingerprint density at radius 2 is 2.22 bits per heavy atom. The molecule has 0 bridgehead atoms. The number of rotatable bonds is 2. The number of nitrogens with zero attached hydrogens (tertiary/aromatic N) is 1. The van der Waals surface area contributed by atoms with Gasteiger partial charge in [-0.05, 0) is 0 Å². The van der Waals surface area contributed by atoms with Gasteiger partial charge in [0.2, 0.25) is 5.91 Å². The molecule has 0 aliphatic rings. The molecule has 0 aromatic carbocycles. The molecule has 2 atom stereocenters. The molecular weight excluding hydrogens is 122 g/mol. The highest BCUT2D eigenvalue weighted by Crippen LogP contribution is 1.84. The van der Waals surface area contributed by atoms with E-state index in [9.17, 15) is 4.79 Å². The van der Waals surface area contributed by atoms with Crippen LogP contribution in [0.3, 0.4) is 0 Å². The molecule has 0 rings (SSSR count). The maximum atomic E-state index is 10.0. The van der Waals surface area contributed by atoms with Crippen LogP contribution in [0.2, 0.25) is 0 Å². The summed E-state index contributed by atoms with van der Waals surface area (Å²) < 4.78 is 0. The Hall–Kier alpha value is -1.12. The number of aliphatic hydroxyl groups excluding tert-OH is 1. The summed E-state index contributed by atoms with van der Waals surface area (Å²) in [5.74, 6) is -0.982. The molecule has 5 nitrogen and oxygen atoms in total. The summed E-state index contributed by atoms with van der Waals surface area (Å²) >= 11 is 0. The number of carbonyl (C=O) groups is 1. The third-order valence-electron chi connectivity index (χ3n) is 0.781. The zero-order valence-electron chi connectivity index (χ0n) is 4.61. The summed E-state index contributed by atoms with van der Waals surface area (Å²) in [7, 11) is 0. The average Bonchev–Trinajstić information content (AvgIpc) is 1.84. The number of hydrogen-bond donors (Lipinski definition) is 3. The minimum Gasteiger partial charge on any atom is -0.381 e. The first-order chi connectivity index (χ1) is 4.09. The van der Waals surface area contributed by atoms with Gasteiger partial charge in [0.1, 0.15) is 6.04 Å². The lowest BCUT2D eigenvalue weighted by atomic mass is 10.2. The SMILES string of the molecule is N#CC(N)C(O)C(N)=O. The minimum atomic E-state index is -1.56. The number of nitriles is 1. The molecule has 0 spiro atoms. The van der Waals surface area contributed by atoms with Crippen LogP contribution in [0, 0.1) is 11.3 Å². The molecule has 1 amide bonds. The van der Waals surface area contributed by atoms with E-state index in [0.717, 1.165) is 0 Å². The quantitative estimate of drug-likeness (QED) is 0.388. The van der Waals surface area contributed by atoms with E-state index >= 15 is 0 Å². The fraction of sp³-hybridized carbons (Fsp3) is 0.500. The van der Waals surface area contributed by atoms with Crippen molar-refractivity contribution >= 4 is 5.91 Å². The van der Waals surface area contributed by atoms with E-state index in [0.29, 0.717) is 0 Å². The van der Waals surface area contributed by atoms with E-state index in [2.05, 4.69) is 5.73 Å². The Balaban J connectivity index is 3.91. The first-order valence-electron chi connectivity index (χ1n) is 2.22. The Labute approximate surface area is 51.9 Å². The molecule has 0 heterocycles. The molecule has 0 saturated carbocycles. The van der Waals surface area contributed by atoms with E-state index in [-0.39, 0.29) is 0 Å². The molecule has 0 saturated heterocycles. The van der Waals surface area contributed by atoms with Gasteiger partial charge in [0.25, 0.3) is 0 Å². The fourth-order valence-electron chi connectivity index (χ4n) is 0.248. The van der Waals surface area contributed by atoms with Gasteiger partial charge in [-0.15, -0.1) is 0 Å². The fourth-order valence-corrected chi connectivity index (χ4v) is 0.248. The molecule has 5 N–H and O–H groups in total. The first-order valence-corrected chi connectivity index (χ1v) is 2.22. The molecular formula is C4H7N3O2. The van der Waals surface area contributed by atoms with Crippen LogP contribution in [-0.2, 0) is 4.79 Å². The van der Waals surface area contributed by atoms with Crippen molar-refractivity contribution in [2.75, 3.05) is 0 Å². The third-order valence-corrected chi connectivity index (χ3v) is 0.781. The summed E-state index contributed by atoms with van der Waals surface area (Å²) in [6.07, 6.45) is -1.56. The average molecular weight is 129 g/mol. The van der Waals surface area contributed by atoms with Gasteiger partial charge in [-0.2, -0.15) is 5.26 Å². The van der Waals surface area contributed by atoms with Gasteiger partial charge in [0.05, 0.1) is 6.07 Å². The van der Waals surface area contributed by atoms with Gasteiger partial charge in [0, 0.05) is 0 Å². The van der Waals surface area contributed by atoms with Gasteiger partial charge >= 0.3 is 0 Å². The second kappa shape index (κ2) is 3.02. The van der Waals surface area contributed by atoms with Crippen molar-refractivity contribution in [2.45, 2.75) is 12.1 Å². The Morgan fingerprint density at radius 3 is 2.33 bits per heavy atom. The van der Waals surface area contributed by atoms with E-state index in [4.69, 9.17) is 16.1 Å². The molecule has 0 aliphatic heterocycles. The summed E-state index contributed by atoms with van der Waals surface area (Å²) in [4.78, 5) is 10.0. The van der Waals surface area contributed by atoms with Gasteiger partial charge in [-0.25, -0.2) is 0 Å². The first kappa shape index (κ1) is 7.88. The Bertz CT molecular complexity index is 150. The number of nitrogens with two attached hydrogens (primary N) is 2. The zero-order valence-corrected chi connectivity index (χ0v) is 4.61. The van der Waals surface area contributed by atoms with Crippen molar-refractivity contribution in [1.82, 2.24) is 0 Å². The number of carbonyl (C=O) groups excluding carboxylic acids is 1. The summed E-state index contributed by atoms with van der Waals surface area (Å²) in [6.45, 7) is 0. The number of aliphatic hydroxyl groups is 1. The van der Waals surface area contributed by atoms with E-state index in [1.807, 2.05) is 0 Å². The molecule has 0 radical (unpaired) electrons. The van der Waals surface area contributed by atoms with Crippen LogP contribution in [0.15, 0.2) is 0 Å². The van der Waals surface area contributed by atoms with Crippen molar-refractivity contribution in [3.63, 3.8) is 0 Å². The smallest absolute Gasteiger partial charge is 0.249 e. The highest BCUT2D eigenvalue weighted by atomic mass is 16.3. The molecule has 2 unspecified atom stereocenters. The number of amides is 1. The van der Waals surface area contributed by atoms with Gasteiger partial charge in [0.15, 0.2) is 6.10 Å². The molecule has 0 aromatic rings. The van der Waals surface area contributed by atoms with Crippen LogP contribution in [0.5, 0.6) is 0 Å². The van der Waals surface area contributed by atoms with Crippen LogP contribution in [0.4, 0.5) is 0 Å². The Morgan fingerprint density at radius 1 is 1.78 bits per heavy atom. The molecule has 0 aromatic heterocycles. The van der Waals surface area contributed by atoms with Gasteiger partial charge < -0.3 is 16.6 Å². The predicted molar refractivity (Wildman–Crippen MR) is 28.8 cm³/mol. The van der Waals surface area contributed by atoms with E-state index in [1.54, 1.807) is 0 Å². The number of hydrogen-bond acceptors (Lipinski definition) is 4. The molecule has 9 heavy (non-hydrogen) atoms. The molecule has 0 aliphatic carbocycles. The Kier molecular flexibility index (Phi) is 2.64. The highest BCUT2D eigenvalue weighted by Gasteiger charge is 2.18. The highest BCUT2D eigenvalue weighted by molar-refractivity contribution is 5.79. The summed E-state index contributed by atoms with van der Waals surface area (Å²) in [6, 6.07) is 0.253. The lowest BCUT2D eigenvalue weighted by Crippen LogP contribution is -2.42.